The van der Waals surface area contributed by atoms with Crippen LogP contribution in [0.3, 0.4) is 0 Å². The third kappa shape index (κ3) is 2.38. The smallest absolute Gasteiger partial charge is 0.335 e. The molecule has 1 aromatic heterocycles. The van der Waals surface area contributed by atoms with Crippen LogP contribution >= 0.6 is 22.6 Å². The summed E-state index contributed by atoms with van der Waals surface area (Å²) in [5.41, 5.74) is 0.390. The Labute approximate surface area is 111 Å². The van der Waals surface area contributed by atoms with Crippen LogP contribution in [0.1, 0.15) is 10.4 Å². The van der Waals surface area contributed by atoms with Crippen molar-refractivity contribution in [2.75, 3.05) is 0 Å². The number of aromatic carboxylic acids is 1. The number of hydrogen-bond acceptors (Lipinski definition) is 2. The van der Waals surface area contributed by atoms with Crippen molar-refractivity contribution < 1.29 is 9.90 Å². The van der Waals surface area contributed by atoms with Gasteiger partial charge in [0, 0.05) is 15.8 Å². The molecule has 2 aromatic rings. The first-order valence-electron chi connectivity index (χ1n) is 4.80. The summed E-state index contributed by atoms with van der Waals surface area (Å²) in [5, 5.41) is 8.78. The molecule has 17 heavy (non-hydrogen) atoms. The molecule has 4 nitrogen and oxygen atoms in total. The van der Waals surface area contributed by atoms with Crippen molar-refractivity contribution in [3.8, 4) is 5.69 Å². The number of carbonyl (C=O) groups is 1. The van der Waals surface area contributed by atoms with E-state index in [0.717, 1.165) is 15.3 Å². The second kappa shape index (κ2) is 4.70. The van der Waals surface area contributed by atoms with E-state index in [1.165, 1.54) is 16.8 Å². The van der Waals surface area contributed by atoms with Gasteiger partial charge < -0.3 is 5.11 Å². The molecule has 0 amide bonds. The van der Waals surface area contributed by atoms with Gasteiger partial charge in [-0.1, -0.05) is 12.1 Å². The van der Waals surface area contributed by atoms with Gasteiger partial charge in [0.05, 0.1) is 11.3 Å². The number of nitrogens with zero attached hydrogens (tertiary/aromatic N) is 1. The molecule has 0 bridgehead atoms. The first-order chi connectivity index (χ1) is 8.09. The molecule has 0 aliphatic carbocycles. The molecule has 0 aliphatic heterocycles. The summed E-state index contributed by atoms with van der Waals surface area (Å²) < 4.78 is 2.35. The maximum absolute atomic E-state index is 11.8. The van der Waals surface area contributed by atoms with E-state index in [1.807, 2.05) is 24.3 Å². The van der Waals surface area contributed by atoms with E-state index in [1.54, 1.807) is 0 Å². The second-order valence-electron chi connectivity index (χ2n) is 3.38. The van der Waals surface area contributed by atoms with E-state index in [4.69, 9.17) is 5.11 Å². The van der Waals surface area contributed by atoms with Gasteiger partial charge in [-0.25, -0.2) is 4.79 Å². The molecule has 0 saturated heterocycles. The molecule has 1 aromatic carbocycles. The number of carboxylic acid groups (broad SMARTS) is 1. The van der Waals surface area contributed by atoms with E-state index < -0.39 is 5.97 Å². The van der Waals surface area contributed by atoms with Crippen molar-refractivity contribution in [1.29, 1.82) is 0 Å². The van der Waals surface area contributed by atoms with Gasteiger partial charge in [0.1, 0.15) is 0 Å². The summed E-state index contributed by atoms with van der Waals surface area (Å²) in [5.74, 6) is -1.10. The Morgan fingerprint density at radius 2 is 1.94 bits per heavy atom. The summed E-state index contributed by atoms with van der Waals surface area (Å²) in [4.78, 5) is 22.5. The Morgan fingerprint density at radius 3 is 2.53 bits per heavy atom. The monoisotopic (exact) mass is 341 g/mol. The maximum atomic E-state index is 11.8. The second-order valence-corrected chi connectivity index (χ2v) is 4.54. The van der Waals surface area contributed by atoms with Crippen LogP contribution in [0.15, 0.2) is 47.4 Å². The average Bonchev–Trinajstić information content (AvgIpc) is 2.30. The predicted molar refractivity (Wildman–Crippen MR) is 71.7 cm³/mol. The molecule has 0 spiro atoms. The topological polar surface area (TPSA) is 59.3 Å². The Morgan fingerprint density at radius 1 is 1.24 bits per heavy atom. The molecule has 2 rings (SSSR count). The molecule has 1 heterocycles. The summed E-state index contributed by atoms with van der Waals surface area (Å²) in [6, 6.07) is 9.92. The lowest BCUT2D eigenvalue weighted by atomic mass is 10.2. The van der Waals surface area contributed by atoms with Crippen molar-refractivity contribution in [3.63, 3.8) is 0 Å². The van der Waals surface area contributed by atoms with E-state index in [9.17, 15) is 9.59 Å². The molecule has 0 unspecified atom stereocenters. The van der Waals surface area contributed by atoms with E-state index in [-0.39, 0.29) is 11.1 Å². The maximum Gasteiger partial charge on any atom is 0.335 e. The van der Waals surface area contributed by atoms with Gasteiger partial charge in [-0.15, -0.1) is 0 Å². The van der Waals surface area contributed by atoms with Crippen molar-refractivity contribution in [2.24, 2.45) is 0 Å². The van der Waals surface area contributed by atoms with Crippen LogP contribution in [-0.2, 0) is 0 Å². The largest absolute Gasteiger partial charge is 0.478 e. The van der Waals surface area contributed by atoms with Crippen LogP contribution in [0, 0.1) is 3.57 Å². The number of rotatable bonds is 2. The number of para-hydroxylation sites is 1. The fourth-order valence-electron chi connectivity index (χ4n) is 1.46. The van der Waals surface area contributed by atoms with Gasteiger partial charge in [0.25, 0.3) is 5.56 Å². The molecular formula is C12H8INO3. The first kappa shape index (κ1) is 11.8. The summed E-state index contributed by atoms with van der Waals surface area (Å²) >= 11 is 2.13. The Bertz CT molecular complexity index is 634. The lowest BCUT2D eigenvalue weighted by Gasteiger charge is -2.07. The highest BCUT2D eigenvalue weighted by Crippen LogP contribution is 2.14. The van der Waals surface area contributed by atoms with Crippen LogP contribution in [0.25, 0.3) is 5.69 Å². The fraction of sp³-hybridized carbons (Fsp3) is 0. The average molecular weight is 341 g/mol. The van der Waals surface area contributed by atoms with E-state index in [2.05, 4.69) is 22.6 Å². The molecule has 86 valence electrons. The molecule has 0 fully saturated rings. The minimum atomic E-state index is -1.10. The minimum absolute atomic E-state index is 0.00260. The van der Waals surface area contributed by atoms with Crippen LogP contribution < -0.4 is 5.56 Å². The van der Waals surface area contributed by atoms with Gasteiger partial charge in [-0.2, -0.15) is 0 Å². The van der Waals surface area contributed by atoms with Crippen LogP contribution in [0.2, 0.25) is 0 Å². The lowest BCUT2D eigenvalue weighted by molar-refractivity contribution is 0.0696. The zero-order valence-electron chi connectivity index (χ0n) is 8.63. The highest BCUT2D eigenvalue weighted by Gasteiger charge is 2.07. The van der Waals surface area contributed by atoms with Crippen LogP contribution in [0.5, 0.6) is 0 Å². The molecule has 0 saturated carbocycles. The van der Waals surface area contributed by atoms with Crippen LogP contribution in [-0.4, -0.2) is 15.6 Å². The quantitative estimate of drug-likeness (QED) is 0.852. The molecule has 5 heteroatoms. The van der Waals surface area contributed by atoms with Gasteiger partial charge in [0.2, 0.25) is 0 Å². The number of carboxylic acids is 1. The van der Waals surface area contributed by atoms with Gasteiger partial charge in [-0.05, 0) is 40.8 Å². The predicted octanol–water partition coefficient (Wildman–Crippen LogP) is 2.14. The van der Waals surface area contributed by atoms with Crippen molar-refractivity contribution in [2.45, 2.75) is 0 Å². The molecular weight excluding hydrogens is 333 g/mol. The zero-order chi connectivity index (χ0) is 12.4. The highest BCUT2D eigenvalue weighted by molar-refractivity contribution is 14.1. The van der Waals surface area contributed by atoms with Gasteiger partial charge in [-0.3, -0.25) is 9.36 Å². The van der Waals surface area contributed by atoms with Crippen LogP contribution in [0.4, 0.5) is 0 Å². The first-order valence-corrected chi connectivity index (χ1v) is 5.88. The number of halogens is 1. The molecule has 1 N–H and O–H groups in total. The van der Waals surface area contributed by atoms with E-state index in [0.29, 0.717) is 0 Å². The summed E-state index contributed by atoms with van der Waals surface area (Å²) in [7, 11) is 0. The number of benzene rings is 1. The SMILES string of the molecule is O=C(O)c1ccn(-c2ccccc2I)c(=O)c1. The van der Waals surface area contributed by atoms with Crippen molar-refractivity contribution in [3.05, 3.63) is 62.1 Å². The Balaban J connectivity index is 2.59. The summed E-state index contributed by atoms with van der Waals surface area (Å²) in [6.45, 7) is 0. The van der Waals surface area contributed by atoms with Crippen molar-refractivity contribution >= 4 is 28.6 Å². The molecule has 0 aliphatic rings. The highest BCUT2D eigenvalue weighted by atomic mass is 127. The number of pyridine rings is 1. The zero-order valence-corrected chi connectivity index (χ0v) is 10.8. The normalized spacial score (nSPS) is 10.2. The fourth-order valence-corrected chi connectivity index (χ4v) is 2.11. The van der Waals surface area contributed by atoms with Gasteiger partial charge >= 0.3 is 5.97 Å². The number of aromatic nitrogens is 1. The minimum Gasteiger partial charge on any atom is -0.478 e. The Kier molecular flexibility index (Phi) is 3.28. The summed E-state index contributed by atoms with van der Waals surface area (Å²) in [6.07, 6.45) is 1.48. The third-order valence-corrected chi connectivity index (χ3v) is 3.19. The van der Waals surface area contributed by atoms with Crippen molar-refractivity contribution in [1.82, 2.24) is 4.57 Å². The standard InChI is InChI=1S/C12H8INO3/c13-9-3-1-2-4-10(9)14-6-5-8(12(16)17)7-11(14)15/h1-7H,(H,16,17). The number of hydrogen-bond donors (Lipinski definition) is 1. The Hall–Kier alpha value is -1.63. The third-order valence-electron chi connectivity index (χ3n) is 2.28. The van der Waals surface area contributed by atoms with E-state index >= 15 is 0 Å². The van der Waals surface area contributed by atoms with Gasteiger partial charge in [0.15, 0.2) is 0 Å². The molecule has 0 atom stereocenters. The molecule has 0 radical (unpaired) electrons. The lowest BCUT2D eigenvalue weighted by Crippen LogP contribution is -2.19.